The molecule has 0 heterocycles. The minimum atomic E-state index is -0.958. The van der Waals surface area contributed by atoms with Crippen LogP contribution in [0.15, 0.2) is 12.1 Å². The highest BCUT2D eigenvalue weighted by Crippen LogP contribution is 2.32. The summed E-state index contributed by atoms with van der Waals surface area (Å²) in [6, 6.07) is 2.92. The Morgan fingerprint density at radius 1 is 1.04 bits per heavy atom. The summed E-state index contributed by atoms with van der Waals surface area (Å²) in [5.74, 6) is 5.16. The molecule has 1 nitrogen and oxygen atoms in total. The second kappa shape index (κ2) is 9.67. The van der Waals surface area contributed by atoms with Crippen LogP contribution in [-0.2, 0) is 0 Å². The van der Waals surface area contributed by atoms with Crippen LogP contribution in [0.1, 0.15) is 70.3 Å². The minimum absolute atomic E-state index is 0.0818. The van der Waals surface area contributed by atoms with E-state index in [1.807, 2.05) is 0 Å². The summed E-state index contributed by atoms with van der Waals surface area (Å²) in [5.41, 5.74) is 0.120. The Labute approximate surface area is 144 Å². The van der Waals surface area contributed by atoms with E-state index in [0.717, 1.165) is 18.8 Å². The van der Waals surface area contributed by atoms with Crippen molar-refractivity contribution in [3.63, 3.8) is 0 Å². The maximum atomic E-state index is 13.9. The Bertz CT molecular complexity index is 577. The number of rotatable bonds is 6. The summed E-state index contributed by atoms with van der Waals surface area (Å²) in [7, 11) is 1.32. The standard InChI is InChI=1S/C21H28F2O/c1-3-4-5-6-7-16-8-10-17(11-9-16)12-13-18-14-15-19(24-2)21(23)20(18)22/h14-17H,3-11H2,1-2H3/t16-,17-. The van der Waals surface area contributed by atoms with Crippen LogP contribution in [-0.4, -0.2) is 7.11 Å². The third-order valence-electron chi connectivity index (χ3n) is 4.99. The van der Waals surface area contributed by atoms with E-state index in [2.05, 4.69) is 18.8 Å². The highest BCUT2D eigenvalue weighted by atomic mass is 19.2. The van der Waals surface area contributed by atoms with Crippen LogP contribution in [0.5, 0.6) is 5.75 Å². The van der Waals surface area contributed by atoms with E-state index in [4.69, 9.17) is 4.74 Å². The van der Waals surface area contributed by atoms with E-state index in [1.54, 1.807) is 0 Å². The second-order valence-electron chi connectivity index (χ2n) is 6.78. The molecule has 0 aromatic heterocycles. The average molecular weight is 334 g/mol. The van der Waals surface area contributed by atoms with Gasteiger partial charge in [0.1, 0.15) is 0 Å². The van der Waals surface area contributed by atoms with E-state index in [9.17, 15) is 8.78 Å². The molecule has 132 valence electrons. The lowest BCUT2D eigenvalue weighted by Gasteiger charge is -2.25. The maximum absolute atomic E-state index is 13.9. The Morgan fingerprint density at radius 3 is 2.46 bits per heavy atom. The monoisotopic (exact) mass is 334 g/mol. The third kappa shape index (κ3) is 5.23. The Kier molecular flexibility index (Phi) is 7.56. The van der Waals surface area contributed by atoms with Gasteiger partial charge in [-0.1, -0.05) is 50.9 Å². The van der Waals surface area contributed by atoms with Gasteiger partial charge >= 0.3 is 0 Å². The molecule has 0 saturated heterocycles. The molecule has 1 aromatic rings. The van der Waals surface area contributed by atoms with Crippen molar-refractivity contribution in [3.05, 3.63) is 29.3 Å². The average Bonchev–Trinajstić information content (AvgIpc) is 2.61. The molecule has 1 saturated carbocycles. The van der Waals surface area contributed by atoms with E-state index in [-0.39, 0.29) is 11.3 Å². The molecule has 0 atom stereocenters. The molecule has 2 rings (SSSR count). The molecule has 0 bridgehead atoms. The predicted molar refractivity (Wildman–Crippen MR) is 94.0 cm³/mol. The van der Waals surface area contributed by atoms with Crippen LogP contribution in [0.3, 0.4) is 0 Å². The molecule has 1 aromatic carbocycles. The molecule has 0 aliphatic heterocycles. The lowest BCUT2D eigenvalue weighted by molar-refractivity contribution is 0.294. The van der Waals surface area contributed by atoms with Crippen molar-refractivity contribution >= 4 is 0 Å². The van der Waals surface area contributed by atoms with Gasteiger partial charge in [-0.2, -0.15) is 4.39 Å². The summed E-state index contributed by atoms with van der Waals surface area (Å²) < 4.78 is 32.4. The molecule has 0 amide bonds. The maximum Gasteiger partial charge on any atom is 0.201 e. The van der Waals surface area contributed by atoms with Crippen LogP contribution >= 0.6 is 0 Å². The zero-order valence-corrected chi connectivity index (χ0v) is 14.8. The fraction of sp³-hybridized carbons (Fsp3) is 0.619. The molecule has 0 unspecified atom stereocenters. The van der Waals surface area contributed by atoms with Crippen LogP contribution in [0, 0.1) is 35.3 Å². The summed E-state index contributed by atoms with van der Waals surface area (Å²) in [6.45, 7) is 2.24. The molecular formula is C21H28F2O. The Balaban J connectivity index is 1.84. The first-order valence-corrected chi connectivity index (χ1v) is 9.19. The molecule has 3 heteroatoms. The van der Waals surface area contributed by atoms with Crippen molar-refractivity contribution in [1.29, 1.82) is 0 Å². The summed E-state index contributed by atoms with van der Waals surface area (Å²) in [4.78, 5) is 0. The summed E-state index contributed by atoms with van der Waals surface area (Å²) in [5, 5.41) is 0. The molecule has 1 aliphatic rings. The van der Waals surface area contributed by atoms with Crippen LogP contribution in [0.4, 0.5) is 8.78 Å². The van der Waals surface area contributed by atoms with Crippen molar-refractivity contribution in [2.24, 2.45) is 11.8 Å². The summed E-state index contributed by atoms with van der Waals surface area (Å²) >= 11 is 0. The van der Waals surface area contributed by atoms with Gasteiger partial charge in [-0.05, 0) is 43.7 Å². The highest BCUT2D eigenvalue weighted by molar-refractivity contribution is 5.41. The highest BCUT2D eigenvalue weighted by Gasteiger charge is 2.19. The lowest BCUT2D eigenvalue weighted by Crippen LogP contribution is -2.13. The van der Waals surface area contributed by atoms with Gasteiger partial charge in [-0.25, -0.2) is 4.39 Å². The van der Waals surface area contributed by atoms with Gasteiger partial charge in [0, 0.05) is 5.92 Å². The zero-order valence-electron chi connectivity index (χ0n) is 14.8. The SMILES string of the molecule is CCCCCC[C@H]1CC[C@H](C#Cc2ccc(OC)c(F)c2F)CC1. The number of hydrogen-bond acceptors (Lipinski definition) is 1. The first-order valence-electron chi connectivity index (χ1n) is 9.19. The lowest BCUT2D eigenvalue weighted by atomic mass is 9.80. The van der Waals surface area contributed by atoms with Gasteiger partial charge < -0.3 is 4.74 Å². The second-order valence-corrected chi connectivity index (χ2v) is 6.78. The number of ether oxygens (including phenoxy) is 1. The quantitative estimate of drug-likeness (QED) is 0.451. The number of hydrogen-bond donors (Lipinski definition) is 0. The van der Waals surface area contributed by atoms with E-state index < -0.39 is 11.6 Å². The van der Waals surface area contributed by atoms with Crippen LogP contribution in [0.25, 0.3) is 0 Å². The van der Waals surface area contributed by atoms with Gasteiger partial charge in [0.05, 0.1) is 12.7 Å². The van der Waals surface area contributed by atoms with Crippen molar-refractivity contribution in [1.82, 2.24) is 0 Å². The third-order valence-corrected chi connectivity index (χ3v) is 4.99. The van der Waals surface area contributed by atoms with E-state index in [1.165, 1.54) is 64.2 Å². The largest absolute Gasteiger partial charge is 0.494 e. The molecule has 0 radical (unpaired) electrons. The molecule has 1 aliphatic carbocycles. The van der Waals surface area contributed by atoms with Crippen LogP contribution < -0.4 is 4.74 Å². The first-order chi connectivity index (χ1) is 11.7. The van der Waals surface area contributed by atoms with Crippen LogP contribution in [0.2, 0.25) is 0 Å². The number of halogens is 2. The molecule has 1 fully saturated rings. The topological polar surface area (TPSA) is 9.23 Å². The molecule has 0 spiro atoms. The van der Waals surface area contributed by atoms with E-state index in [0.29, 0.717) is 5.92 Å². The van der Waals surface area contributed by atoms with Crippen molar-refractivity contribution in [2.45, 2.75) is 64.7 Å². The normalized spacial score (nSPS) is 20.3. The molecular weight excluding hydrogens is 306 g/mol. The van der Waals surface area contributed by atoms with Gasteiger partial charge in [0.15, 0.2) is 11.6 Å². The van der Waals surface area contributed by atoms with Crippen molar-refractivity contribution in [3.8, 4) is 17.6 Å². The predicted octanol–water partition coefficient (Wildman–Crippen LogP) is 6.10. The van der Waals surface area contributed by atoms with E-state index >= 15 is 0 Å². The molecule has 24 heavy (non-hydrogen) atoms. The number of unbranched alkanes of at least 4 members (excludes halogenated alkanes) is 3. The Morgan fingerprint density at radius 2 is 1.79 bits per heavy atom. The fourth-order valence-corrected chi connectivity index (χ4v) is 3.42. The molecule has 0 N–H and O–H groups in total. The smallest absolute Gasteiger partial charge is 0.201 e. The van der Waals surface area contributed by atoms with Gasteiger partial charge in [-0.15, -0.1) is 0 Å². The number of benzene rings is 1. The Hall–Kier alpha value is -1.56. The fourth-order valence-electron chi connectivity index (χ4n) is 3.42. The first kappa shape index (κ1) is 18.8. The number of methoxy groups -OCH3 is 1. The summed E-state index contributed by atoms with van der Waals surface area (Å²) in [6.07, 6.45) is 11.2. The minimum Gasteiger partial charge on any atom is -0.494 e. The zero-order chi connectivity index (χ0) is 17.4. The van der Waals surface area contributed by atoms with Crippen molar-refractivity contribution < 1.29 is 13.5 Å². The van der Waals surface area contributed by atoms with Gasteiger partial charge in [0.2, 0.25) is 5.82 Å². The van der Waals surface area contributed by atoms with Gasteiger partial charge in [-0.3, -0.25) is 0 Å². The van der Waals surface area contributed by atoms with Crippen molar-refractivity contribution in [2.75, 3.05) is 7.11 Å². The van der Waals surface area contributed by atoms with Gasteiger partial charge in [0.25, 0.3) is 0 Å².